The molecule has 0 saturated carbocycles. The second-order valence-corrected chi connectivity index (χ2v) is 7.38. The van der Waals surface area contributed by atoms with E-state index in [-0.39, 0.29) is 23.8 Å². The predicted octanol–water partition coefficient (Wildman–Crippen LogP) is 2.47. The molecule has 2 aromatic rings. The Kier molecular flexibility index (Phi) is 6.26. The van der Waals surface area contributed by atoms with E-state index >= 15 is 0 Å². The fraction of sp³-hybridized carbons (Fsp3) is 0.286. The van der Waals surface area contributed by atoms with Crippen molar-refractivity contribution in [1.82, 2.24) is 5.43 Å². The van der Waals surface area contributed by atoms with Crippen LogP contribution in [0.3, 0.4) is 0 Å². The standard InChI is InChI=1S/C21H21FN4O5S/c1-27-17-14(7-13-8-16(26-31-13)11-3-5-12(22)6-4-11)15(9-24-25-21(23)32)18(28-2)20-19(17)29-10-30-20/h3-6,9,13H,7-8,10H2,1-2H3,(H3,23,25,32)/b24-9+/t13-/m0/s1. The van der Waals surface area contributed by atoms with E-state index in [1.807, 2.05) is 0 Å². The van der Waals surface area contributed by atoms with Crippen LogP contribution in [-0.2, 0) is 11.3 Å². The summed E-state index contributed by atoms with van der Waals surface area (Å²) in [7, 11) is 3.06. The van der Waals surface area contributed by atoms with Crippen molar-refractivity contribution in [3.63, 3.8) is 0 Å². The molecule has 1 atom stereocenters. The van der Waals surface area contributed by atoms with Crippen molar-refractivity contribution in [3.8, 4) is 23.0 Å². The Morgan fingerprint density at radius 2 is 1.94 bits per heavy atom. The largest absolute Gasteiger partial charge is 0.492 e. The Labute approximate surface area is 188 Å². The van der Waals surface area contributed by atoms with Gasteiger partial charge in [0, 0.05) is 24.0 Å². The van der Waals surface area contributed by atoms with Crippen molar-refractivity contribution in [2.75, 3.05) is 21.0 Å². The first kappa shape index (κ1) is 21.6. The van der Waals surface area contributed by atoms with Gasteiger partial charge < -0.3 is 29.5 Å². The third kappa shape index (κ3) is 4.24. The van der Waals surface area contributed by atoms with Gasteiger partial charge in [-0.15, -0.1) is 0 Å². The van der Waals surface area contributed by atoms with Gasteiger partial charge in [-0.05, 0) is 29.9 Å². The van der Waals surface area contributed by atoms with Crippen LogP contribution in [0.25, 0.3) is 0 Å². The maximum atomic E-state index is 13.2. The summed E-state index contributed by atoms with van der Waals surface area (Å²) >= 11 is 4.81. The zero-order chi connectivity index (χ0) is 22.7. The van der Waals surface area contributed by atoms with Crippen molar-refractivity contribution in [2.45, 2.75) is 18.9 Å². The smallest absolute Gasteiger partial charge is 0.231 e. The van der Waals surface area contributed by atoms with Gasteiger partial charge >= 0.3 is 0 Å². The number of nitrogens with one attached hydrogen (secondary N) is 1. The number of oxime groups is 1. The first-order chi connectivity index (χ1) is 15.5. The van der Waals surface area contributed by atoms with E-state index in [4.69, 9.17) is 41.7 Å². The summed E-state index contributed by atoms with van der Waals surface area (Å²) in [5.74, 6) is 1.46. The molecule has 0 bridgehead atoms. The topological polar surface area (TPSA) is 109 Å². The van der Waals surface area contributed by atoms with Gasteiger partial charge in [0.15, 0.2) is 16.6 Å². The zero-order valence-electron chi connectivity index (χ0n) is 17.4. The average Bonchev–Trinajstić information content (AvgIpc) is 3.44. The molecule has 2 aliphatic heterocycles. The number of hydrogen-bond acceptors (Lipinski definition) is 8. The molecule has 11 heteroatoms. The number of nitrogens with two attached hydrogens (primary N) is 1. The van der Waals surface area contributed by atoms with Crippen molar-refractivity contribution in [3.05, 3.63) is 46.8 Å². The molecule has 0 unspecified atom stereocenters. The van der Waals surface area contributed by atoms with Gasteiger partial charge in [0.1, 0.15) is 11.9 Å². The molecule has 0 fully saturated rings. The highest BCUT2D eigenvalue weighted by Gasteiger charge is 2.33. The number of ether oxygens (including phenoxy) is 4. The summed E-state index contributed by atoms with van der Waals surface area (Å²) in [6.07, 6.45) is 2.14. The van der Waals surface area contributed by atoms with Gasteiger partial charge in [0.25, 0.3) is 0 Å². The van der Waals surface area contributed by atoms with Gasteiger partial charge in [0.05, 0.1) is 26.1 Å². The normalized spacial score (nSPS) is 16.6. The minimum atomic E-state index is -0.309. The SMILES string of the molecule is COc1c(/C=N/NC(N)=S)c(C[C@H]2CC(c3ccc(F)cc3)=NO2)c(OC)c2c1OCO2. The first-order valence-electron chi connectivity index (χ1n) is 9.65. The third-order valence-electron chi connectivity index (χ3n) is 4.99. The van der Waals surface area contributed by atoms with Crippen molar-refractivity contribution in [1.29, 1.82) is 0 Å². The van der Waals surface area contributed by atoms with E-state index in [1.54, 1.807) is 12.1 Å². The molecule has 0 amide bonds. The molecular weight excluding hydrogens is 439 g/mol. The lowest BCUT2D eigenvalue weighted by Gasteiger charge is -2.19. The zero-order valence-corrected chi connectivity index (χ0v) is 18.2. The molecule has 0 spiro atoms. The third-order valence-corrected chi connectivity index (χ3v) is 5.08. The summed E-state index contributed by atoms with van der Waals surface area (Å²) in [4.78, 5) is 5.67. The lowest BCUT2D eigenvalue weighted by Crippen LogP contribution is -2.24. The van der Waals surface area contributed by atoms with E-state index in [9.17, 15) is 4.39 Å². The van der Waals surface area contributed by atoms with E-state index in [0.717, 1.165) is 16.8 Å². The van der Waals surface area contributed by atoms with Crippen molar-refractivity contribution in [2.24, 2.45) is 16.0 Å². The minimum absolute atomic E-state index is 0.0194. The molecular formula is C21H21FN4O5S. The molecule has 32 heavy (non-hydrogen) atoms. The van der Waals surface area contributed by atoms with E-state index in [2.05, 4.69) is 15.7 Å². The first-order valence-corrected chi connectivity index (χ1v) is 10.1. The van der Waals surface area contributed by atoms with Gasteiger partial charge in [-0.2, -0.15) is 5.10 Å². The van der Waals surface area contributed by atoms with Crippen LogP contribution in [0, 0.1) is 5.82 Å². The van der Waals surface area contributed by atoms with Gasteiger partial charge in [-0.25, -0.2) is 4.39 Å². The summed E-state index contributed by atoms with van der Waals surface area (Å²) in [5.41, 5.74) is 10.8. The molecule has 9 nitrogen and oxygen atoms in total. The minimum Gasteiger partial charge on any atom is -0.492 e. The number of hydrazone groups is 1. The predicted molar refractivity (Wildman–Crippen MR) is 119 cm³/mol. The van der Waals surface area contributed by atoms with Crippen LogP contribution in [0.1, 0.15) is 23.1 Å². The lowest BCUT2D eigenvalue weighted by molar-refractivity contribution is 0.0853. The average molecular weight is 460 g/mol. The summed E-state index contributed by atoms with van der Waals surface area (Å²) < 4.78 is 35.7. The van der Waals surface area contributed by atoms with Crippen LogP contribution < -0.4 is 30.1 Å². The van der Waals surface area contributed by atoms with Crippen molar-refractivity contribution < 1.29 is 28.2 Å². The highest BCUT2D eigenvalue weighted by molar-refractivity contribution is 7.80. The number of hydrogen-bond donors (Lipinski definition) is 2. The molecule has 2 aliphatic rings. The molecule has 2 aromatic carbocycles. The Morgan fingerprint density at radius 3 is 2.59 bits per heavy atom. The molecule has 0 saturated heterocycles. The number of halogens is 1. The van der Waals surface area contributed by atoms with Crippen LogP contribution >= 0.6 is 12.2 Å². The highest BCUT2D eigenvalue weighted by Crippen LogP contribution is 2.52. The van der Waals surface area contributed by atoms with E-state index < -0.39 is 0 Å². The molecule has 168 valence electrons. The van der Waals surface area contributed by atoms with Crippen LogP contribution in [0.4, 0.5) is 4.39 Å². The number of methoxy groups -OCH3 is 2. The highest BCUT2D eigenvalue weighted by atomic mass is 32.1. The number of fused-ring (bicyclic) bond motifs is 1. The molecule has 0 radical (unpaired) electrons. The Bertz CT molecular complexity index is 1090. The molecule has 0 aromatic heterocycles. The lowest BCUT2D eigenvalue weighted by atomic mass is 9.95. The Morgan fingerprint density at radius 1 is 1.25 bits per heavy atom. The molecule has 0 aliphatic carbocycles. The number of nitrogens with zero attached hydrogens (tertiary/aromatic N) is 2. The van der Waals surface area contributed by atoms with Gasteiger partial charge in [-0.3, -0.25) is 5.43 Å². The summed E-state index contributed by atoms with van der Waals surface area (Å²) in [5, 5.41) is 8.28. The van der Waals surface area contributed by atoms with E-state index in [0.29, 0.717) is 41.4 Å². The molecule has 3 N–H and O–H groups in total. The second-order valence-electron chi connectivity index (χ2n) is 6.94. The number of benzene rings is 2. The Hall–Kier alpha value is -3.60. The second kappa shape index (κ2) is 9.27. The van der Waals surface area contributed by atoms with Crippen LogP contribution in [0.15, 0.2) is 34.5 Å². The van der Waals surface area contributed by atoms with Gasteiger partial charge in [0.2, 0.25) is 18.3 Å². The monoisotopic (exact) mass is 460 g/mol. The summed E-state index contributed by atoms with van der Waals surface area (Å²) in [6.45, 7) is 0.0327. The van der Waals surface area contributed by atoms with Crippen molar-refractivity contribution >= 4 is 29.3 Å². The quantitative estimate of drug-likeness (QED) is 0.369. The fourth-order valence-corrected chi connectivity index (χ4v) is 3.68. The maximum absolute atomic E-state index is 13.2. The Balaban J connectivity index is 1.67. The van der Waals surface area contributed by atoms with Gasteiger partial charge in [-0.1, -0.05) is 17.3 Å². The summed E-state index contributed by atoms with van der Waals surface area (Å²) in [6, 6.07) is 6.12. The molecule has 4 rings (SSSR count). The number of thiocarbonyl (C=S) groups is 1. The number of rotatable bonds is 7. The maximum Gasteiger partial charge on any atom is 0.231 e. The van der Waals surface area contributed by atoms with E-state index in [1.165, 1.54) is 32.6 Å². The fourth-order valence-electron chi connectivity index (χ4n) is 3.63. The molecule has 2 heterocycles. The van der Waals surface area contributed by atoms with Crippen LogP contribution in [0.2, 0.25) is 0 Å². The van der Waals surface area contributed by atoms with Crippen LogP contribution in [0.5, 0.6) is 23.0 Å². The van der Waals surface area contributed by atoms with Crippen LogP contribution in [-0.4, -0.2) is 44.2 Å².